The first kappa shape index (κ1) is 69.1. The minimum Gasteiger partial charge on any atom is -0.477 e. The number of ether oxygens (including phenoxy) is 9. The van der Waals surface area contributed by atoms with E-state index in [0.29, 0.717) is 72.8 Å². The Labute approximate surface area is 557 Å². The molecule has 496 valence electrons. The summed E-state index contributed by atoms with van der Waals surface area (Å²) in [4.78, 5) is 80.1. The molecular weight excluding hydrogens is 1240 g/mol. The molecule has 0 unspecified atom stereocenters. The Morgan fingerprint density at radius 1 is 0.421 bits per heavy atom. The molecule has 8 aromatic rings. The lowest BCUT2D eigenvalue weighted by molar-refractivity contribution is -0.148. The normalized spacial score (nSPS) is 14.0. The number of fused-ring (bicyclic) bond motifs is 6. The molecule has 2 aliphatic rings. The number of carbonyl (C=O) groups is 6. The molecule has 18 heteroatoms. The summed E-state index contributed by atoms with van der Waals surface area (Å²) >= 11 is 0. The van der Waals surface area contributed by atoms with Crippen molar-refractivity contribution in [2.75, 3.05) is 53.9 Å². The van der Waals surface area contributed by atoms with E-state index in [2.05, 4.69) is 74.7 Å². The molecule has 0 saturated carbocycles. The van der Waals surface area contributed by atoms with Gasteiger partial charge < -0.3 is 46.7 Å². The van der Waals surface area contributed by atoms with Crippen LogP contribution in [0.25, 0.3) is 21.5 Å². The van der Waals surface area contributed by atoms with Crippen molar-refractivity contribution in [1.29, 1.82) is 0 Å². The maximum atomic E-state index is 13.7. The summed E-state index contributed by atoms with van der Waals surface area (Å²) in [5.41, 5.74) is 5.78. The van der Waals surface area contributed by atoms with Crippen LogP contribution in [0.1, 0.15) is 111 Å². The third-order valence-electron chi connectivity index (χ3n) is 18.0. The predicted octanol–water partition coefficient (Wildman–Crippen LogP) is 14.7. The number of benzene rings is 8. The Hall–Kier alpha value is -8.79. The minimum atomic E-state index is -2.06. The Bertz CT molecular complexity index is 3670. The fraction of sp³-hybridized carbons (Fsp3) is 0.351. The fourth-order valence-corrected chi connectivity index (χ4v) is 22.4. The average Bonchev–Trinajstić information content (AvgIpc) is 0.733. The first-order chi connectivity index (χ1) is 46.0. The molecule has 0 atom stereocenters. The predicted molar refractivity (Wildman–Crippen MR) is 367 cm³/mol. The van der Waals surface area contributed by atoms with Crippen LogP contribution in [0.4, 0.5) is 0 Å². The first-order valence-electron chi connectivity index (χ1n) is 32.8. The van der Waals surface area contributed by atoms with Crippen molar-refractivity contribution in [1.82, 2.24) is 0 Å². The Kier molecular flexibility index (Phi) is 23.0. The standard InChI is InChI=1S/C77H84O16Si2/c1-84-74(82)69-59-41-43-76(54-25-11-7-12-26-54,55-27-13-8-14-28-55)53-64(59)58-33-19-20-34-60(58)72(69)90-67(80)39-37-65(78)88-49-47-86-45-23-51-94(3,4)93-95(5,6)52-24-46-87-48-50-89-66(79)38-40-68(81)91-73-62-36-22-21-35-61(62)71-63(70(73)75(83)85-2)42-44-77(92-71,56-29-15-9-16-30-56)57-31-17-10-18-32-57/h7-22,25-36H,23-24,37-53H2,1-6H3. The van der Waals surface area contributed by atoms with E-state index in [1.54, 1.807) is 12.1 Å². The number of carbonyl (C=O) groups excluding carboxylic acids is 6. The highest BCUT2D eigenvalue weighted by molar-refractivity contribution is 6.84. The van der Waals surface area contributed by atoms with Crippen molar-refractivity contribution in [3.8, 4) is 17.2 Å². The van der Waals surface area contributed by atoms with Gasteiger partial charge in [0, 0.05) is 40.4 Å². The van der Waals surface area contributed by atoms with Gasteiger partial charge in [-0.25, -0.2) is 9.59 Å². The van der Waals surface area contributed by atoms with Gasteiger partial charge in [-0.2, -0.15) is 0 Å². The lowest BCUT2D eigenvalue weighted by Gasteiger charge is -2.41. The molecule has 1 aliphatic heterocycles. The maximum Gasteiger partial charge on any atom is 0.342 e. The van der Waals surface area contributed by atoms with Crippen molar-refractivity contribution >= 4 is 74.0 Å². The lowest BCUT2D eigenvalue weighted by Crippen LogP contribution is -2.44. The minimum absolute atomic E-state index is 0.0194. The van der Waals surface area contributed by atoms with Gasteiger partial charge in [-0.1, -0.05) is 170 Å². The van der Waals surface area contributed by atoms with Crippen LogP contribution in [0, 0.1) is 0 Å². The zero-order valence-electron chi connectivity index (χ0n) is 55.1. The van der Waals surface area contributed by atoms with Crippen LogP contribution in [-0.2, 0) is 82.0 Å². The van der Waals surface area contributed by atoms with E-state index in [0.717, 1.165) is 52.6 Å². The molecule has 1 aliphatic carbocycles. The van der Waals surface area contributed by atoms with E-state index in [9.17, 15) is 28.8 Å². The number of rotatable bonds is 30. The summed E-state index contributed by atoms with van der Waals surface area (Å²) in [6, 6.07) is 57.6. The van der Waals surface area contributed by atoms with Gasteiger partial charge in [0.25, 0.3) is 0 Å². The molecule has 10 rings (SSSR count). The highest BCUT2D eigenvalue weighted by Gasteiger charge is 2.45. The molecule has 0 spiro atoms. The fourth-order valence-electron chi connectivity index (χ4n) is 13.6. The van der Waals surface area contributed by atoms with Gasteiger partial charge >= 0.3 is 35.8 Å². The molecule has 8 aromatic carbocycles. The molecule has 0 amide bonds. The van der Waals surface area contributed by atoms with E-state index in [1.165, 1.54) is 25.3 Å². The van der Waals surface area contributed by atoms with Crippen LogP contribution in [0.5, 0.6) is 17.2 Å². The van der Waals surface area contributed by atoms with Gasteiger partial charge in [-0.05, 0) is 122 Å². The van der Waals surface area contributed by atoms with Crippen molar-refractivity contribution in [3.63, 3.8) is 0 Å². The monoisotopic (exact) mass is 1320 g/mol. The smallest absolute Gasteiger partial charge is 0.342 e. The molecule has 0 saturated heterocycles. The maximum absolute atomic E-state index is 13.7. The van der Waals surface area contributed by atoms with Gasteiger partial charge in [-0.15, -0.1) is 0 Å². The Morgan fingerprint density at radius 2 is 0.811 bits per heavy atom. The second-order valence-corrected chi connectivity index (χ2v) is 34.2. The average molecular weight is 1320 g/mol. The third kappa shape index (κ3) is 16.5. The summed E-state index contributed by atoms with van der Waals surface area (Å²) in [6.07, 6.45) is 3.34. The summed E-state index contributed by atoms with van der Waals surface area (Å²) in [5, 5.41) is 2.65. The SMILES string of the molecule is COC(=O)c1c2c(c3ccccc3c1OC(=O)CCC(=O)OCCOCCC[Si](C)(C)O[Si](C)(C)CCCOCCOC(=O)CCC(=O)Oc1c(C(=O)OC)c3c(c4ccccc14)OC(c1ccccc1)(c1ccccc1)CC3)CC(c1ccccc1)(c1ccccc1)CC2. The van der Waals surface area contributed by atoms with Crippen molar-refractivity contribution in [2.24, 2.45) is 0 Å². The molecule has 0 N–H and O–H groups in total. The van der Waals surface area contributed by atoms with Gasteiger partial charge in [0.05, 0.1) is 53.1 Å². The topological polar surface area (TPSA) is 195 Å². The third-order valence-corrected chi connectivity index (χ3v) is 25.5. The highest BCUT2D eigenvalue weighted by Crippen LogP contribution is 2.52. The van der Waals surface area contributed by atoms with E-state index >= 15 is 0 Å². The second-order valence-electron chi connectivity index (χ2n) is 25.3. The van der Waals surface area contributed by atoms with Crippen LogP contribution in [0.2, 0.25) is 38.3 Å². The Balaban J connectivity index is 0.609. The molecule has 0 fully saturated rings. The number of esters is 6. The van der Waals surface area contributed by atoms with Crippen molar-refractivity contribution < 1.29 is 75.5 Å². The molecule has 1 heterocycles. The Morgan fingerprint density at radius 3 is 1.27 bits per heavy atom. The summed E-state index contributed by atoms with van der Waals surface area (Å²) < 4.78 is 59.1. The molecule has 0 bridgehead atoms. The molecule has 95 heavy (non-hydrogen) atoms. The molecule has 16 nitrogen and oxygen atoms in total. The molecule has 0 aromatic heterocycles. The quantitative estimate of drug-likeness (QED) is 0.0135. The molecule has 0 radical (unpaired) electrons. The van der Waals surface area contributed by atoms with E-state index in [1.807, 2.05) is 109 Å². The zero-order chi connectivity index (χ0) is 67.0. The van der Waals surface area contributed by atoms with Crippen LogP contribution in [-0.4, -0.2) is 106 Å². The largest absolute Gasteiger partial charge is 0.477 e. The molecular formula is C77H84O16Si2. The lowest BCUT2D eigenvalue weighted by atomic mass is 9.62. The number of hydrogen-bond donors (Lipinski definition) is 0. The van der Waals surface area contributed by atoms with E-state index in [4.69, 9.17) is 46.7 Å². The second kappa shape index (κ2) is 31.6. The number of methoxy groups -OCH3 is 2. The summed E-state index contributed by atoms with van der Waals surface area (Å²) in [7, 11) is -1.51. The summed E-state index contributed by atoms with van der Waals surface area (Å²) in [6.45, 7) is 10.2. The van der Waals surface area contributed by atoms with Gasteiger partial charge in [0.15, 0.2) is 33.7 Å². The van der Waals surface area contributed by atoms with E-state index < -0.39 is 58.1 Å². The van der Waals surface area contributed by atoms with Crippen LogP contribution >= 0.6 is 0 Å². The van der Waals surface area contributed by atoms with Gasteiger partial charge in [0.1, 0.15) is 30.1 Å². The van der Waals surface area contributed by atoms with E-state index in [-0.39, 0.29) is 80.2 Å². The van der Waals surface area contributed by atoms with Gasteiger partial charge in [-0.3, -0.25) is 19.2 Å². The van der Waals surface area contributed by atoms with Crippen LogP contribution < -0.4 is 14.2 Å². The van der Waals surface area contributed by atoms with Crippen LogP contribution in [0.15, 0.2) is 170 Å². The highest BCUT2D eigenvalue weighted by atomic mass is 28.4. The zero-order valence-corrected chi connectivity index (χ0v) is 57.1. The van der Waals surface area contributed by atoms with Crippen molar-refractivity contribution in [3.05, 3.63) is 220 Å². The number of hydrogen-bond acceptors (Lipinski definition) is 16. The van der Waals surface area contributed by atoms with Crippen molar-refractivity contribution in [2.45, 2.75) is 120 Å². The first-order valence-corrected chi connectivity index (χ1v) is 39.0. The van der Waals surface area contributed by atoms with Crippen LogP contribution in [0.3, 0.4) is 0 Å². The summed E-state index contributed by atoms with van der Waals surface area (Å²) in [5.74, 6) is -3.09. The van der Waals surface area contributed by atoms with Gasteiger partial charge in [0.2, 0.25) is 0 Å².